The number of carbonyl (C=O) groups is 1. The number of hydrogen-bond acceptors (Lipinski definition) is 2. The van der Waals surface area contributed by atoms with Gasteiger partial charge in [0, 0.05) is 25.0 Å². The molecule has 0 fully saturated rings. The Labute approximate surface area is 107 Å². The van der Waals surface area contributed by atoms with Gasteiger partial charge in [0.1, 0.15) is 0 Å². The van der Waals surface area contributed by atoms with Crippen molar-refractivity contribution in [2.75, 3.05) is 6.54 Å². The Balaban J connectivity index is 4.30. The van der Waals surface area contributed by atoms with Crippen LogP contribution in [-0.4, -0.2) is 29.4 Å². The molecule has 0 heterocycles. The first-order chi connectivity index (χ1) is 8.06. The first-order valence-electron chi connectivity index (χ1n) is 7.11. The molecule has 0 aromatic carbocycles. The third-order valence-corrected chi connectivity index (χ3v) is 3.29. The quantitative estimate of drug-likeness (QED) is 0.675. The molecule has 102 valence electrons. The summed E-state index contributed by atoms with van der Waals surface area (Å²) >= 11 is 0. The molecule has 0 spiro atoms. The van der Waals surface area contributed by atoms with Gasteiger partial charge in [0.05, 0.1) is 0 Å². The Hall–Kier alpha value is -0.570. The molecule has 0 saturated heterocycles. The number of nitrogens with two attached hydrogens (primary N) is 1. The Morgan fingerprint density at radius 3 is 2.35 bits per heavy atom. The number of amides is 1. The monoisotopic (exact) mass is 242 g/mol. The average Bonchev–Trinajstić information content (AvgIpc) is 2.29. The second kappa shape index (κ2) is 9.46. The molecule has 3 heteroatoms. The average molecular weight is 242 g/mol. The third-order valence-electron chi connectivity index (χ3n) is 3.29. The number of unbranched alkanes of at least 4 members (excludes halogenated alkanes) is 1. The normalized spacial score (nSPS) is 14.4. The summed E-state index contributed by atoms with van der Waals surface area (Å²) in [6.07, 6.45) is 5.71. The van der Waals surface area contributed by atoms with Crippen molar-refractivity contribution < 1.29 is 4.79 Å². The fraction of sp³-hybridized carbons (Fsp3) is 0.929. The molecule has 0 rings (SSSR count). The second-order valence-corrected chi connectivity index (χ2v) is 4.95. The van der Waals surface area contributed by atoms with Gasteiger partial charge >= 0.3 is 0 Å². The van der Waals surface area contributed by atoms with E-state index < -0.39 is 0 Å². The van der Waals surface area contributed by atoms with Crippen molar-refractivity contribution in [3.8, 4) is 0 Å². The Bertz CT molecular complexity index is 206. The van der Waals surface area contributed by atoms with Crippen LogP contribution in [0.2, 0.25) is 0 Å². The highest BCUT2D eigenvalue weighted by molar-refractivity contribution is 5.77. The van der Waals surface area contributed by atoms with Crippen molar-refractivity contribution in [1.29, 1.82) is 0 Å². The number of hydrogen-bond donors (Lipinski definition) is 1. The first kappa shape index (κ1) is 16.4. The smallest absolute Gasteiger partial charge is 0.224 e. The minimum atomic E-state index is 0.0284. The summed E-state index contributed by atoms with van der Waals surface area (Å²) in [5, 5.41) is 0. The molecule has 2 unspecified atom stereocenters. The molecular weight excluding hydrogens is 212 g/mol. The van der Waals surface area contributed by atoms with Crippen molar-refractivity contribution in [3.05, 3.63) is 0 Å². The van der Waals surface area contributed by atoms with Crippen LogP contribution in [0, 0.1) is 0 Å². The van der Waals surface area contributed by atoms with E-state index in [9.17, 15) is 4.79 Å². The fourth-order valence-corrected chi connectivity index (χ4v) is 1.95. The summed E-state index contributed by atoms with van der Waals surface area (Å²) < 4.78 is 0. The van der Waals surface area contributed by atoms with E-state index in [1.165, 1.54) is 0 Å². The predicted octanol–water partition coefficient (Wildman–Crippen LogP) is 2.93. The maximum Gasteiger partial charge on any atom is 0.224 e. The van der Waals surface area contributed by atoms with E-state index in [4.69, 9.17) is 5.73 Å². The molecule has 0 aliphatic heterocycles. The molecule has 2 atom stereocenters. The lowest BCUT2D eigenvalue weighted by Crippen LogP contribution is -2.41. The van der Waals surface area contributed by atoms with E-state index >= 15 is 0 Å². The molecule has 1 amide bonds. The van der Waals surface area contributed by atoms with Gasteiger partial charge in [-0.15, -0.1) is 0 Å². The Morgan fingerprint density at radius 2 is 1.88 bits per heavy atom. The van der Waals surface area contributed by atoms with Crippen molar-refractivity contribution >= 4 is 5.91 Å². The van der Waals surface area contributed by atoms with Crippen LogP contribution in [0.4, 0.5) is 0 Å². The van der Waals surface area contributed by atoms with Crippen molar-refractivity contribution in [2.24, 2.45) is 5.73 Å². The number of nitrogens with zero attached hydrogens (tertiary/aromatic N) is 1. The zero-order valence-electron chi connectivity index (χ0n) is 12.0. The highest BCUT2D eigenvalue weighted by atomic mass is 16.2. The standard InChI is InChI=1S/C14H30N2O/c1-5-8-10-16(12(4)7-3)14(17)11-13(15)9-6-2/h12-13H,5-11,15H2,1-4H3. The molecular formula is C14H30N2O. The summed E-state index contributed by atoms with van der Waals surface area (Å²) in [6.45, 7) is 9.39. The third kappa shape index (κ3) is 6.67. The van der Waals surface area contributed by atoms with Gasteiger partial charge in [-0.3, -0.25) is 4.79 Å². The molecule has 2 N–H and O–H groups in total. The predicted molar refractivity (Wildman–Crippen MR) is 73.9 cm³/mol. The summed E-state index contributed by atoms with van der Waals surface area (Å²) in [4.78, 5) is 14.2. The lowest BCUT2D eigenvalue weighted by atomic mass is 10.1. The summed E-state index contributed by atoms with van der Waals surface area (Å²) in [6, 6.07) is 0.364. The fourth-order valence-electron chi connectivity index (χ4n) is 1.95. The zero-order valence-corrected chi connectivity index (χ0v) is 12.0. The molecule has 0 aromatic heterocycles. The van der Waals surface area contributed by atoms with Gasteiger partial charge in [0.25, 0.3) is 0 Å². The topological polar surface area (TPSA) is 46.3 Å². The molecule has 0 aliphatic carbocycles. The molecule has 3 nitrogen and oxygen atoms in total. The van der Waals surface area contributed by atoms with Crippen molar-refractivity contribution in [3.63, 3.8) is 0 Å². The molecule has 0 aliphatic rings. The van der Waals surface area contributed by atoms with Gasteiger partial charge in [-0.25, -0.2) is 0 Å². The molecule has 0 bridgehead atoms. The molecule has 0 aromatic rings. The van der Waals surface area contributed by atoms with E-state index in [1.807, 2.05) is 4.90 Å². The molecule has 0 saturated carbocycles. The highest BCUT2D eigenvalue weighted by Gasteiger charge is 2.20. The van der Waals surface area contributed by atoms with Crippen molar-refractivity contribution in [2.45, 2.75) is 78.3 Å². The number of carbonyl (C=O) groups excluding carboxylic acids is 1. The van der Waals surface area contributed by atoms with Gasteiger partial charge in [0.2, 0.25) is 5.91 Å². The summed E-state index contributed by atoms with van der Waals surface area (Å²) in [5.74, 6) is 0.230. The van der Waals surface area contributed by atoms with E-state index in [2.05, 4.69) is 27.7 Å². The van der Waals surface area contributed by atoms with Gasteiger partial charge in [0.15, 0.2) is 0 Å². The zero-order chi connectivity index (χ0) is 13.3. The van der Waals surface area contributed by atoms with Crippen LogP contribution in [-0.2, 0) is 4.79 Å². The first-order valence-corrected chi connectivity index (χ1v) is 7.11. The summed E-state index contributed by atoms with van der Waals surface area (Å²) in [7, 11) is 0. The van der Waals surface area contributed by atoms with Gasteiger partial charge in [-0.1, -0.05) is 33.6 Å². The highest BCUT2D eigenvalue weighted by Crippen LogP contribution is 2.10. The molecule has 17 heavy (non-hydrogen) atoms. The lowest BCUT2D eigenvalue weighted by Gasteiger charge is -2.29. The van der Waals surface area contributed by atoms with E-state index in [1.54, 1.807) is 0 Å². The second-order valence-electron chi connectivity index (χ2n) is 4.95. The van der Waals surface area contributed by atoms with Crippen LogP contribution in [0.15, 0.2) is 0 Å². The van der Waals surface area contributed by atoms with Crippen LogP contribution in [0.3, 0.4) is 0 Å². The van der Waals surface area contributed by atoms with E-state index in [0.29, 0.717) is 12.5 Å². The number of rotatable bonds is 9. The van der Waals surface area contributed by atoms with Crippen LogP contribution in [0.5, 0.6) is 0 Å². The van der Waals surface area contributed by atoms with Crippen LogP contribution < -0.4 is 5.73 Å². The van der Waals surface area contributed by atoms with Crippen LogP contribution in [0.1, 0.15) is 66.2 Å². The van der Waals surface area contributed by atoms with Crippen molar-refractivity contribution in [1.82, 2.24) is 4.90 Å². The van der Waals surface area contributed by atoms with Gasteiger partial charge < -0.3 is 10.6 Å². The SMILES string of the molecule is CCCCN(C(=O)CC(N)CCC)C(C)CC. The van der Waals surface area contributed by atoms with Crippen LogP contribution >= 0.6 is 0 Å². The largest absolute Gasteiger partial charge is 0.340 e. The van der Waals surface area contributed by atoms with E-state index in [0.717, 1.165) is 38.6 Å². The van der Waals surface area contributed by atoms with E-state index in [-0.39, 0.29) is 11.9 Å². The van der Waals surface area contributed by atoms with Gasteiger partial charge in [-0.05, 0) is 26.2 Å². The minimum absolute atomic E-state index is 0.0284. The minimum Gasteiger partial charge on any atom is -0.340 e. The summed E-state index contributed by atoms with van der Waals surface area (Å²) in [5.41, 5.74) is 5.95. The lowest BCUT2D eigenvalue weighted by molar-refractivity contribution is -0.133. The Morgan fingerprint density at radius 1 is 1.24 bits per heavy atom. The van der Waals surface area contributed by atoms with Crippen LogP contribution in [0.25, 0.3) is 0 Å². The Kier molecular flexibility index (Phi) is 9.14. The van der Waals surface area contributed by atoms with Gasteiger partial charge in [-0.2, -0.15) is 0 Å². The maximum atomic E-state index is 12.2. The molecule has 0 radical (unpaired) electrons. The maximum absolute atomic E-state index is 12.2.